The Morgan fingerprint density at radius 2 is 2.00 bits per heavy atom. The van der Waals surface area contributed by atoms with Crippen molar-refractivity contribution in [1.82, 2.24) is 4.98 Å². The highest BCUT2D eigenvalue weighted by atomic mass is 35.5. The lowest BCUT2D eigenvalue weighted by Gasteiger charge is -2.11. The SMILES string of the molecule is CCc1cc(Nc2ccnc3cc(Cl)ccc23)ccc1O. The van der Waals surface area contributed by atoms with Gasteiger partial charge in [-0.15, -0.1) is 0 Å². The summed E-state index contributed by atoms with van der Waals surface area (Å²) in [6.07, 6.45) is 2.54. The molecule has 0 saturated carbocycles. The van der Waals surface area contributed by atoms with Crippen LogP contribution in [0.1, 0.15) is 12.5 Å². The number of aromatic nitrogens is 1. The molecule has 1 aromatic heterocycles. The molecule has 106 valence electrons. The topological polar surface area (TPSA) is 45.2 Å². The fraction of sp³-hybridized carbons (Fsp3) is 0.118. The fourth-order valence-electron chi connectivity index (χ4n) is 2.33. The van der Waals surface area contributed by atoms with Gasteiger partial charge in [0, 0.05) is 28.0 Å². The summed E-state index contributed by atoms with van der Waals surface area (Å²) in [6, 6.07) is 13.1. The number of aryl methyl sites for hydroxylation is 1. The zero-order valence-corrected chi connectivity index (χ0v) is 12.4. The summed E-state index contributed by atoms with van der Waals surface area (Å²) in [5.74, 6) is 0.328. The van der Waals surface area contributed by atoms with Crippen molar-refractivity contribution in [2.45, 2.75) is 13.3 Å². The number of aromatic hydroxyl groups is 1. The van der Waals surface area contributed by atoms with E-state index in [0.717, 1.165) is 34.3 Å². The number of nitrogens with one attached hydrogen (secondary N) is 1. The largest absolute Gasteiger partial charge is 0.508 e. The van der Waals surface area contributed by atoms with Gasteiger partial charge in [-0.1, -0.05) is 18.5 Å². The van der Waals surface area contributed by atoms with Gasteiger partial charge in [-0.25, -0.2) is 0 Å². The molecule has 2 N–H and O–H groups in total. The molecule has 4 heteroatoms. The highest BCUT2D eigenvalue weighted by molar-refractivity contribution is 6.31. The molecule has 0 bridgehead atoms. The Balaban J connectivity index is 2.02. The third-order valence-electron chi connectivity index (χ3n) is 3.44. The molecule has 0 aliphatic rings. The number of benzene rings is 2. The maximum Gasteiger partial charge on any atom is 0.118 e. The van der Waals surface area contributed by atoms with Crippen LogP contribution in [0.2, 0.25) is 5.02 Å². The number of rotatable bonds is 3. The molecule has 3 aromatic rings. The van der Waals surface area contributed by atoms with E-state index in [9.17, 15) is 5.11 Å². The number of halogens is 1. The summed E-state index contributed by atoms with van der Waals surface area (Å²) in [7, 11) is 0. The van der Waals surface area contributed by atoms with Gasteiger partial charge in [0.2, 0.25) is 0 Å². The lowest BCUT2D eigenvalue weighted by atomic mass is 10.1. The number of fused-ring (bicyclic) bond motifs is 1. The fourth-order valence-corrected chi connectivity index (χ4v) is 2.50. The number of pyridine rings is 1. The molecule has 0 fully saturated rings. The van der Waals surface area contributed by atoms with Crippen LogP contribution in [0, 0.1) is 0 Å². The van der Waals surface area contributed by atoms with Crippen molar-refractivity contribution in [2.24, 2.45) is 0 Å². The van der Waals surface area contributed by atoms with Crippen molar-refractivity contribution in [2.75, 3.05) is 5.32 Å². The smallest absolute Gasteiger partial charge is 0.118 e. The third-order valence-corrected chi connectivity index (χ3v) is 3.68. The number of anilines is 2. The normalized spacial score (nSPS) is 10.8. The zero-order chi connectivity index (χ0) is 14.8. The molecule has 0 aliphatic carbocycles. The lowest BCUT2D eigenvalue weighted by Crippen LogP contribution is -1.94. The van der Waals surface area contributed by atoms with E-state index in [-0.39, 0.29) is 0 Å². The predicted octanol–water partition coefficient (Wildman–Crippen LogP) is 4.90. The van der Waals surface area contributed by atoms with Crippen LogP contribution in [-0.4, -0.2) is 10.1 Å². The van der Waals surface area contributed by atoms with Crippen LogP contribution in [0.5, 0.6) is 5.75 Å². The second-order valence-corrected chi connectivity index (χ2v) is 5.28. The maximum absolute atomic E-state index is 9.75. The number of hydrogen-bond donors (Lipinski definition) is 2. The zero-order valence-electron chi connectivity index (χ0n) is 11.6. The summed E-state index contributed by atoms with van der Waals surface area (Å²) < 4.78 is 0. The van der Waals surface area contributed by atoms with Crippen LogP contribution in [-0.2, 0) is 6.42 Å². The average Bonchev–Trinajstić information content (AvgIpc) is 2.49. The summed E-state index contributed by atoms with van der Waals surface area (Å²) in [5.41, 5.74) is 3.67. The highest BCUT2D eigenvalue weighted by Gasteiger charge is 2.05. The average molecular weight is 299 g/mol. The van der Waals surface area contributed by atoms with Gasteiger partial charge in [0.25, 0.3) is 0 Å². The van der Waals surface area contributed by atoms with Crippen LogP contribution in [0.4, 0.5) is 11.4 Å². The van der Waals surface area contributed by atoms with E-state index in [0.29, 0.717) is 10.8 Å². The van der Waals surface area contributed by atoms with E-state index in [2.05, 4.69) is 10.3 Å². The molecule has 0 radical (unpaired) electrons. The minimum absolute atomic E-state index is 0.328. The Morgan fingerprint density at radius 3 is 2.81 bits per heavy atom. The predicted molar refractivity (Wildman–Crippen MR) is 87.5 cm³/mol. The van der Waals surface area contributed by atoms with Crippen LogP contribution in [0.25, 0.3) is 10.9 Å². The van der Waals surface area contributed by atoms with Gasteiger partial charge in [-0.2, -0.15) is 0 Å². The molecule has 0 atom stereocenters. The summed E-state index contributed by atoms with van der Waals surface area (Å²) in [6.45, 7) is 2.02. The number of phenolic OH excluding ortho intramolecular Hbond substituents is 1. The molecule has 0 saturated heterocycles. The maximum atomic E-state index is 9.75. The van der Waals surface area contributed by atoms with Crippen molar-refractivity contribution in [1.29, 1.82) is 0 Å². The van der Waals surface area contributed by atoms with Crippen molar-refractivity contribution >= 4 is 33.9 Å². The van der Waals surface area contributed by atoms with Crippen molar-refractivity contribution in [3.8, 4) is 5.75 Å². The highest BCUT2D eigenvalue weighted by Crippen LogP contribution is 2.29. The van der Waals surface area contributed by atoms with E-state index in [1.54, 1.807) is 12.3 Å². The summed E-state index contributed by atoms with van der Waals surface area (Å²) >= 11 is 6.00. The van der Waals surface area contributed by atoms with Crippen molar-refractivity contribution in [3.63, 3.8) is 0 Å². The first-order valence-electron chi connectivity index (χ1n) is 6.80. The van der Waals surface area contributed by atoms with E-state index in [1.807, 2.05) is 43.3 Å². The van der Waals surface area contributed by atoms with Gasteiger partial charge < -0.3 is 10.4 Å². The monoisotopic (exact) mass is 298 g/mol. The van der Waals surface area contributed by atoms with E-state index >= 15 is 0 Å². The molecule has 0 aliphatic heterocycles. The van der Waals surface area contributed by atoms with Gasteiger partial charge in [0.1, 0.15) is 5.75 Å². The second-order valence-electron chi connectivity index (χ2n) is 4.84. The molecule has 1 heterocycles. The molecule has 2 aromatic carbocycles. The summed E-state index contributed by atoms with van der Waals surface area (Å²) in [4.78, 5) is 4.33. The van der Waals surface area contributed by atoms with Crippen LogP contribution in [0.3, 0.4) is 0 Å². The van der Waals surface area contributed by atoms with Gasteiger partial charge in [-0.05, 0) is 54.4 Å². The van der Waals surface area contributed by atoms with Crippen molar-refractivity contribution < 1.29 is 5.11 Å². The van der Waals surface area contributed by atoms with Gasteiger partial charge >= 0.3 is 0 Å². The van der Waals surface area contributed by atoms with Gasteiger partial charge in [0.15, 0.2) is 0 Å². The first kappa shape index (κ1) is 13.7. The van der Waals surface area contributed by atoms with Gasteiger partial charge in [0.05, 0.1) is 5.52 Å². The van der Waals surface area contributed by atoms with Crippen LogP contribution >= 0.6 is 11.6 Å². The Bertz CT molecular complexity index is 802. The standard InChI is InChI=1S/C17H15ClN2O/c1-2-11-9-13(4-6-17(11)21)20-15-7-8-19-16-10-12(18)3-5-14(15)16/h3-10,21H,2H2,1H3,(H,19,20). The minimum Gasteiger partial charge on any atom is -0.508 e. The first-order chi connectivity index (χ1) is 10.2. The Labute approximate surface area is 128 Å². The number of nitrogens with zero attached hydrogens (tertiary/aromatic N) is 1. The minimum atomic E-state index is 0.328. The summed E-state index contributed by atoms with van der Waals surface area (Å²) in [5, 5.41) is 14.8. The molecule has 0 amide bonds. The van der Waals surface area contributed by atoms with E-state index in [4.69, 9.17) is 11.6 Å². The number of hydrogen-bond acceptors (Lipinski definition) is 3. The quantitative estimate of drug-likeness (QED) is 0.676. The van der Waals surface area contributed by atoms with Crippen molar-refractivity contribution in [3.05, 3.63) is 59.2 Å². The Hall–Kier alpha value is -2.26. The first-order valence-corrected chi connectivity index (χ1v) is 7.18. The molecular formula is C17H15ClN2O. The van der Waals surface area contributed by atoms with E-state index in [1.165, 1.54) is 0 Å². The lowest BCUT2D eigenvalue weighted by molar-refractivity contribution is 0.469. The molecule has 3 rings (SSSR count). The van der Waals surface area contributed by atoms with E-state index < -0.39 is 0 Å². The van der Waals surface area contributed by atoms with Gasteiger partial charge in [-0.3, -0.25) is 4.98 Å². The molecule has 0 unspecified atom stereocenters. The van der Waals surface area contributed by atoms with Crippen LogP contribution in [0.15, 0.2) is 48.7 Å². The second kappa shape index (κ2) is 5.62. The molecule has 21 heavy (non-hydrogen) atoms. The molecular weight excluding hydrogens is 284 g/mol. The molecule has 0 spiro atoms. The van der Waals surface area contributed by atoms with Crippen LogP contribution < -0.4 is 5.32 Å². The Kier molecular flexibility index (Phi) is 3.67. The third kappa shape index (κ3) is 2.78. The number of phenols is 1. The Morgan fingerprint density at radius 1 is 1.14 bits per heavy atom. The molecule has 3 nitrogen and oxygen atoms in total.